The summed E-state index contributed by atoms with van der Waals surface area (Å²) in [6.45, 7) is 2.73. The first kappa shape index (κ1) is 78.7. The van der Waals surface area contributed by atoms with Crippen LogP contribution in [0.1, 0.15) is 245 Å². The molecule has 2 aliphatic heterocycles. The second kappa shape index (κ2) is 55.7. The predicted molar refractivity (Wildman–Crippen MR) is 350 cm³/mol. The lowest BCUT2D eigenvalue weighted by atomic mass is 9.97. The fourth-order valence-corrected chi connectivity index (χ4v) is 10.6. The molecule has 2 saturated heterocycles. The van der Waals surface area contributed by atoms with Gasteiger partial charge in [-0.25, -0.2) is 0 Å². The van der Waals surface area contributed by atoms with Crippen LogP contribution in [0.3, 0.4) is 0 Å². The van der Waals surface area contributed by atoms with Crippen molar-refractivity contribution in [3.05, 3.63) is 109 Å². The van der Waals surface area contributed by atoms with Gasteiger partial charge in [0, 0.05) is 6.42 Å². The summed E-state index contributed by atoms with van der Waals surface area (Å²) in [6, 6.07) is -0.834. The molecule has 2 rings (SSSR count). The summed E-state index contributed by atoms with van der Waals surface area (Å²) < 4.78 is 22.8. The van der Waals surface area contributed by atoms with Crippen LogP contribution >= 0.6 is 0 Å². The van der Waals surface area contributed by atoms with Crippen LogP contribution in [0.15, 0.2) is 109 Å². The molecule has 12 atom stereocenters. The highest BCUT2D eigenvalue weighted by Crippen LogP contribution is 2.30. The van der Waals surface area contributed by atoms with Crippen molar-refractivity contribution in [2.45, 2.75) is 319 Å². The van der Waals surface area contributed by atoms with E-state index in [1.54, 1.807) is 0 Å². The van der Waals surface area contributed by atoms with E-state index in [-0.39, 0.29) is 12.5 Å². The summed E-state index contributed by atoms with van der Waals surface area (Å²) in [5.74, 6) is -0.212. The predicted octanol–water partition coefficient (Wildman–Crippen LogP) is 13.6. The van der Waals surface area contributed by atoms with E-state index >= 15 is 0 Å². The summed E-state index contributed by atoms with van der Waals surface area (Å²) in [4.78, 5) is 13.3. The molecule has 2 fully saturated rings. The van der Waals surface area contributed by atoms with E-state index < -0.39 is 86.8 Å². The molecule has 9 N–H and O–H groups in total. The van der Waals surface area contributed by atoms with Crippen LogP contribution in [0.2, 0.25) is 0 Å². The van der Waals surface area contributed by atoms with Crippen molar-refractivity contribution in [2.24, 2.45) is 0 Å². The van der Waals surface area contributed by atoms with Crippen LogP contribution in [0.4, 0.5) is 0 Å². The SMILES string of the molecule is CC/C=C\C/C=C\C/C=C\C/C=C\C/C=C\C/C=C\C/C=C\C/C=C\C/C=C\CCCCCCCCCCCCCCCC(=O)NC(COC1OC(CO)C(OC2OC(CO)C(O)C(O)C2O)C(O)C1O)C(O)CCCCCCCCCCCCC. The molecule has 86 heavy (non-hydrogen) atoms. The molecule has 0 aliphatic carbocycles. The lowest BCUT2D eigenvalue weighted by Crippen LogP contribution is -2.65. The van der Waals surface area contributed by atoms with Crippen molar-refractivity contribution < 1.29 is 64.6 Å². The van der Waals surface area contributed by atoms with E-state index in [9.17, 15) is 45.6 Å². The number of amides is 1. The number of carbonyl (C=O) groups is 1. The summed E-state index contributed by atoms with van der Waals surface area (Å²) in [6.07, 6.45) is 62.6. The molecule has 12 unspecified atom stereocenters. The normalized spacial score (nSPS) is 24.1. The quantitative estimate of drug-likeness (QED) is 0.0204. The molecule has 2 heterocycles. The number of rotatable bonds is 54. The zero-order valence-corrected chi connectivity index (χ0v) is 53.5. The molecule has 14 heteroatoms. The van der Waals surface area contributed by atoms with Gasteiger partial charge in [-0.15, -0.1) is 0 Å². The average molecular weight is 1210 g/mol. The highest BCUT2D eigenvalue weighted by molar-refractivity contribution is 5.76. The maximum Gasteiger partial charge on any atom is 0.220 e. The first-order valence-electron chi connectivity index (χ1n) is 34.1. The lowest BCUT2D eigenvalue weighted by Gasteiger charge is -2.46. The number of aliphatic hydroxyl groups excluding tert-OH is 8. The molecule has 14 nitrogen and oxygen atoms in total. The molecular formula is C72H123NO13. The van der Waals surface area contributed by atoms with E-state index in [0.29, 0.717) is 12.8 Å². The topological polar surface area (TPSA) is 228 Å². The van der Waals surface area contributed by atoms with Crippen molar-refractivity contribution >= 4 is 5.91 Å². The highest BCUT2D eigenvalue weighted by atomic mass is 16.7. The smallest absolute Gasteiger partial charge is 0.220 e. The molecule has 0 radical (unpaired) electrons. The Morgan fingerprint density at radius 3 is 1.23 bits per heavy atom. The van der Waals surface area contributed by atoms with Crippen molar-refractivity contribution in [3.63, 3.8) is 0 Å². The Morgan fingerprint density at radius 1 is 0.430 bits per heavy atom. The maximum atomic E-state index is 13.3. The number of hydrogen-bond acceptors (Lipinski definition) is 13. The van der Waals surface area contributed by atoms with Crippen LogP contribution in [-0.2, 0) is 23.7 Å². The van der Waals surface area contributed by atoms with Gasteiger partial charge in [0.05, 0.1) is 32.0 Å². The summed E-state index contributed by atoms with van der Waals surface area (Å²) >= 11 is 0. The van der Waals surface area contributed by atoms with Gasteiger partial charge in [-0.2, -0.15) is 0 Å². The number of hydrogen-bond donors (Lipinski definition) is 9. The summed E-state index contributed by atoms with van der Waals surface area (Å²) in [7, 11) is 0. The Labute approximate surface area is 521 Å². The van der Waals surface area contributed by atoms with Crippen molar-refractivity contribution in [1.29, 1.82) is 0 Å². The van der Waals surface area contributed by atoms with Crippen LogP contribution in [0.5, 0.6) is 0 Å². The number of aliphatic hydroxyl groups is 8. The van der Waals surface area contributed by atoms with Gasteiger partial charge in [0.2, 0.25) is 5.91 Å². The molecule has 0 aromatic heterocycles. The number of unbranched alkanes of at least 4 members (excludes halogenated alkanes) is 23. The standard InChI is InChI=1S/C72H123NO13/c1-3-5-7-9-11-13-15-16-17-18-19-20-21-22-23-24-25-26-27-28-29-30-31-32-33-34-35-36-37-38-39-40-41-42-43-44-46-48-50-52-54-56-64(77)73-60(61(76)55-53-51-49-47-45-14-12-10-8-6-4-2)59-83-71-69(82)67(80)70(63(58-75)85-71)86-72-68(81)66(79)65(78)62(57-74)84-72/h5,7,11,13,16-17,19-20,22-23,25-26,28-29,31-32,34-35,60-63,65-72,74-76,78-82H,3-4,6,8-10,12,14-15,18,21,24,27,30,33,36-59H2,1-2H3,(H,73,77)/b7-5-,13-11-,17-16-,20-19-,23-22-,26-25-,29-28-,32-31-,35-34-. The Balaban J connectivity index is 1.56. The molecule has 0 aromatic carbocycles. The maximum absolute atomic E-state index is 13.3. The van der Waals surface area contributed by atoms with Gasteiger partial charge in [0.15, 0.2) is 12.6 Å². The minimum atomic E-state index is -1.79. The van der Waals surface area contributed by atoms with Gasteiger partial charge in [-0.05, 0) is 83.5 Å². The first-order valence-corrected chi connectivity index (χ1v) is 34.1. The molecule has 0 bridgehead atoms. The molecule has 0 aromatic rings. The Morgan fingerprint density at radius 2 is 0.802 bits per heavy atom. The zero-order valence-electron chi connectivity index (χ0n) is 53.5. The van der Waals surface area contributed by atoms with Gasteiger partial charge in [-0.3, -0.25) is 4.79 Å². The van der Waals surface area contributed by atoms with Gasteiger partial charge in [-0.1, -0.05) is 264 Å². The minimum Gasteiger partial charge on any atom is -0.394 e. The van der Waals surface area contributed by atoms with Gasteiger partial charge < -0.3 is 65.1 Å². The van der Waals surface area contributed by atoms with Gasteiger partial charge >= 0.3 is 0 Å². The number of allylic oxidation sites excluding steroid dienone is 18. The Bertz CT molecular complexity index is 1860. The number of nitrogens with one attached hydrogen (secondary N) is 1. The Hall–Kier alpha value is -3.35. The molecule has 2 aliphatic rings. The Kier molecular flexibility index (Phi) is 51.0. The molecule has 494 valence electrons. The van der Waals surface area contributed by atoms with E-state index in [2.05, 4.69) is 129 Å². The largest absolute Gasteiger partial charge is 0.394 e. The van der Waals surface area contributed by atoms with Crippen LogP contribution in [0.25, 0.3) is 0 Å². The van der Waals surface area contributed by atoms with Crippen LogP contribution in [0, 0.1) is 0 Å². The monoisotopic (exact) mass is 1210 g/mol. The first-order chi connectivity index (χ1) is 42.1. The van der Waals surface area contributed by atoms with E-state index in [1.165, 1.54) is 103 Å². The van der Waals surface area contributed by atoms with Crippen LogP contribution < -0.4 is 5.32 Å². The molecule has 1 amide bonds. The van der Waals surface area contributed by atoms with Gasteiger partial charge in [0.1, 0.15) is 48.8 Å². The third-order valence-corrected chi connectivity index (χ3v) is 16.0. The van der Waals surface area contributed by atoms with Crippen molar-refractivity contribution in [2.75, 3.05) is 19.8 Å². The number of ether oxygens (including phenoxy) is 4. The zero-order chi connectivity index (χ0) is 62.3. The highest BCUT2D eigenvalue weighted by Gasteiger charge is 2.51. The number of carbonyl (C=O) groups excluding carboxylic acids is 1. The molecule has 0 saturated carbocycles. The molecular weight excluding hydrogens is 1090 g/mol. The fraction of sp³-hybridized carbons (Fsp3) is 0.736. The second-order valence-electron chi connectivity index (χ2n) is 23.6. The third kappa shape index (κ3) is 39.6. The van der Waals surface area contributed by atoms with Gasteiger partial charge in [0.25, 0.3) is 0 Å². The lowest BCUT2D eigenvalue weighted by molar-refractivity contribution is -0.359. The van der Waals surface area contributed by atoms with Crippen LogP contribution in [-0.4, -0.2) is 140 Å². The summed E-state index contributed by atoms with van der Waals surface area (Å²) in [5.41, 5.74) is 0. The molecule has 0 spiro atoms. The average Bonchev–Trinajstić information content (AvgIpc) is 1.60. The minimum absolute atomic E-state index is 0.212. The van der Waals surface area contributed by atoms with Crippen molar-refractivity contribution in [3.8, 4) is 0 Å². The third-order valence-electron chi connectivity index (χ3n) is 16.0. The summed E-state index contributed by atoms with van der Waals surface area (Å²) in [5, 5.41) is 87.2. The van der Waals surface area contributed by atoms with Crippen molar-refractivity contribution in [1.82, 2.24) is 5.32 Å². The van der Waals surface area contributed by atoms with E-state index in [0.717, 1.165) is 116 Å². The van der Waals surface area contributed by atoms with E-state index in [1.807, 2.05) is 0 Å². The second-order valence-corrected chi connectivity index (χ2v) is 23.6. The van der Waals surface area contributed by atoms with E-state index in [4.69, 9.17) is 18.9 Å². The fourth-order valence-electron chi connectivity index (χ4n) is 10.6.